The molecule has 1 heterocycles. The Labute approximate surface area is 112 Å². The molecule has 3 N–H and O–H groups in total. The first-order chi connectivity index (χ1) is 8.54. The van der Waals surface area contributed by atoms with Crippen molar-refractivity contribution in [3.63, 3.8) is 0 Å². The lowest BCUT2D eigenvalue weighted by Crippen LogP contribution is -2.35. The highest BCUT2D eigenvalue weighted by molar-refractivity contribution is 6.33. The number of anilines is 1. The third-order valence-electron chi connectivity index (χ3n) is 3.15. The monoisotopic (exact) mass is 267 g/mol. The van der Waals surface area contributed by atoms with Gasteiger partial charge in [0, 0.05) is 32.6 Å². The van der Waals surface area contributed by atoms with E-state index >= 15 is 0 Å². The molecular formula is C13H18ClN3O. The zero-order valence-corrected chi connectivity index (χ0v) is 11.2. The fraction of sp³-hybridized carbons (Fsp3) is 0.462. The third kappa shape index (κ3) is 3.37. The number of nitrogens with one attached hydrogen (secondary N) is 1. The van der Waals surface area contributed by atoms with Crippen molar-refractivity contribution in [2.45, 2.75) is 25.9 Å². The van der Waals surface area contributed by atoms with Gasteiger partial charge in [-0.25, -0.2) is 0 Å². The number of hydrogen-bond donors (Lipinski definition) is 2. The van der Waals surface area contributed by atoms with E-state index in [0.717, 1.165) is 31.6 Å². The molecule has 1 aliphatic rings. The summed E-state index contributed by atoms with van der Waals surface area (Å²) in [5, 5.41) is 3.55. The summed E-state index contributed by atoms with van der Waals surface area (Å²) in [5.41, 5.74) is 7.55. The van der Waals surface area contributed by atoms with Crippen molar-refractivity contribution < 1.29 is 4.79 Å². The normalized spacial score (nSPS) is 20.0. The van der Waals surface area contributed by atoms with Gasteiger partial charge in [0.05, 0.1) is 10.7 Å². The van der Waals surface area contributed by atoms with Gasteiger partial charge in [0.2, 0.25) is 5.91 Å². The van der Waals surface area contributed by atoms with Gasteiger partial charge in [-0.3, -0.25) is 9.69 Å². The maximum atomic E-state index is 11.0. The van der Waals surface area contributed by atoms with Gasteiger partial charge in [-0.05, 0) is 24.1 Å². The molecule has 0 aromatic heterocycles. The van der Waals surface area contributed by atoms with Gasteiger partial charge in [-0.2, -0.15) is 0 Å². The number of carbonyl (C=O) groups is 1. The summed E-state index contributed by atoms with van der Waals surface area (Å²) in [6, 6.07) is 6.00. The Hall–Kier alpha value is -1.26. The van der Waals surface area contributed by atoms with Gasteiger partial charge < -0.3 is 11.1 Å². The quantitative estimate of drug-likeness (QED) is 0.819. The fourth-order valence-electron chi connectivity index (χ4n) is 2.33. The molecule has 1 fully saturated rings. The number of amides is 1. The van der Waals surface area contributed by atoms with Gasteiger partial charge in [-0.1, -0.05) is 17.7 Å². The lowest BCUT2D eigenvalue weighted by atomic mass is 10.2. The summed E-state index contributed by atoms with van der Waals surface area (Å²) >= 11 is 5.89. The topological polar surface area (TPSA) is 58.4 Å². The van der Waals surface area contributed by atoms with E-state index in [1.807, 2.05) is 18.2 Å². The number of halogens is 1. The number of rotatable bonds is 3. The molecule has 1 unspecified atom stereocenters. The Morgan fingerprint density at radius 2 is 2.39 bits per heavy atom. The van der Waals surface area contributed by atoms with Crippen LogP contribution in [0.15, 0.2) is 18.2 Å². The molecule has 2 rings (SSSR count). The number of benzene rings is 1. The molecule has 0 aliphatic carbocycles. The van der Waals surface area contributed by atoms with Crippen LogP contribution in [0.2, 0.25) is 5.02 Å². The molecule has 0 saturated carbocycles. The number of nitrogens with two attached hydrogens (primary N) is 1. The molecular weight excluding hydrogens is 250 g/mol. The van der Waals surface area contributed by atoms with Gasteiger partial charge in [0.15, 0.2) is 0 Å². The second-order valence-corrected chi connectivity index (χ2v) is 5.18. The minimum atomic E-state index is 0.0394. The molecule has 1 atom stereocenters. The number of nitrogen functional groups attached to an aromatic ring is 1. The predicted octanol–water partition coefficient (Wildman–Crippen LogP) is 1.63. The van der Waals surface area contributed by atoms with Crippen molar-refractivity contribution in [3.05, 3.63) is 28.8 Å². The lowest BCUT2D eigenvalue weighted by Gasteiger charge is -2.16. The van der Waals surface area contributed by atoms with Crippen LogP contribution in [-0.4, -0.2) is 29.9 Å². The molecule has 1 saturated heterocycles. The largest absolute Gasteiger partial charge is 0.398 e. The van der Waals surface area contributed by atoms with Crippen LogP contribution in [0.1, 0.15) is 18.9 Å². The summed E-state index contributed by atoms with van der Waals surface area (Å²) < 4.78 is 0. The van der Waals surface area contributed by atoms with Gasteiger partial charge in [-0.15, -0.1) is 0 Å². The zero-order valence-electron chi connectivity index (χ0n) is 10.4. The first-order valence-corrected chi connectivity index (χ1v) is 6.46. The Morgan fingerprint density at radius 1 is 1.61 bits per heavy atom. The number of nitrogens with zero attached hydrogens (tertiary/aromatic N) is 1. The average Bonchev–Trinajstić information content (AvgIpc) is 2.70. The smallest absolute Gasteiger partial charge is 0.217 e. The van der Waals surface area contributed by atoms with Crippen LogP contribution in [0.3, 0.4) is 0 Å². The summed E-state index contributed by atoms with van der Waals surface area (Å²) in [6.07, 6.45) is 1.00. The number of likely N-dealkylation sites (tertiary alicyclic amines) is 1. The highest BCUT2D eigenvalue weighted by atomic mass is 35.5. The molecule has 98 valence electrons. The van der Waals surface area contributed by atoms with Crippen molar-refractivity contribution in [2.24, 2.45) is 0 Å². The van der Waals surface area contributed by atoms with Crippen LogP contribution in [0.25, 0.3) is 0 Å². The van der Waals surface area contributed by atoms with Crippen molar-refractivity contribution in [1.82, 2.24) is 10.2 Å². The Kier molecular flexibility index (Phi) is 4.09. The van der Waals surface area contributed by atoms with Crippen molar-refractivity contribution in [3.8, 4) is 0 Å². The maximum absolute atomic E-state index is 11.0. The summed E-state index contributed by atoms with van der Waals surface area (Å²) in [4.78, 5) is 13.3. The van der Waals surface area contributed by atoms with E-state index in [4.69, 9.17) is 17.3 Å². The molecule has 1 aromatic rings. The summed E-state index contributed by atoms with van der Waals surface area (Å²) in [5.74, 6) is 0.0394. The van der Waals surface area contributed by atoms with E-state index < -0.39 is 0 Å². The van der Waals surface area contributed by atoms with Crippen LogP contribution in [0, 0.1) is 0 Å². The first-order valence-electron chi connectivity index (χ1n) is 6.08. The average molecular weight is 268 g/mol. The van der Waals surface area contributed by atoms with E-state index in [1.165, 1.54) is 0 Å². The minimum Gasteiger partial charge on any atom is -0.398 e. The molecule has 4 nitrogen and oxygen atoms in total. The SMILES string of the molecule is CC(=O)NC1CCN(Cc2ccc(Cl)c(N)c2)C1. The Bertz CT molecular complexity index is 450. The van der Waals surface area contributed by atoms with E-state index in [9.17, 15) is 4.79 Å². The second kappa shape index (κ2) is 5.59. The first kappa shape index (κ1) is 13.2. The third-order valence-corrected chi connectivity index (χ3v) is 3.49. The molecule has 0 spiro atoms. The number of carbonyl (C=O) groups excluding carboxylic acids is 1. The minimum absolute atomic E-state index is 0.0394. The molecule has 1 amide bonds. The van der Waals surface area contributed by atoms with E-state index in [1.54, 1.807) is 6.92 Å². The van der Waals surface area contributed by atoms with E-state index in [-0.39, 0.29) is 11.9 Å². The molecule has 1 aromatic carbocycles. The van der Waals surface area contributed by atoms with Crippen LogP contribution in [0.5, 0.6) is 0 Å². The van der Waals surface area contributed by atoms with Gasteiger partial charge >= 0.3 is 0 Å². The lowest BCUT2D eigenvalue weighted by molar-refractivity contribution is -0.119. The summed E-state index contributed by atoms with van der Waals surface area (Å²) in [7, 11) is 0. The van der Waals surface area contributed by atoms with Crippen LogP contribution in [-0.2, 0) is 11.3 Å². The Balaban J connectivity index is 1.91. The molecule has 5 heteroatoms. The van der Waals surface area contributed by atoms with Crippen molar-refractivity contribution >= 4 is 23.2 Å². The molecule has 0 radical (unpaired) electrons. The number of hydrogen-bond acceptors (Lipinski definition) is 3. The van der Waals surface area contributed by atoms with Crippen molar-refractivity contribution in [2.75, 3.05) is 18.8 Å². The zero-order chi connectivity index (χ0) is 13.1. The highest BCUT2D eigenvalue weighted by Crippen LogP contribution is 2.21. The van der Waals surface area contributed by atoms with Crippen LogP contribution in [0.4, 0.5) is 5.69 Å². The fourth-order valence-corrected chi connectivity index (χ4v) is 2.45. The molecule has 0 bridgehead atoms. The van der Waals surface area contributed by atoms with E-state index in [2.05, 4.69) is 10.2 Å². The van der Waals surface area contributed by atoms with Crippen LogP contribution < -0.4 is 11.1 Å². The predicted molar refractivity (Wildman–Crippen MR) is 73.4 cm³/mol. The van der Waals surface area contributed by atoms with Gasteiger partial charge in [0.25, 0.3) is 0 Å². The van der Waals surface area contributed by atoms with Crippen molar-refractivity contribution in [1.29, 1.82) is 0 Å². The molecule has 1 aliphatic heterocycles. The Morgan fingerprint density at radius 3 is 3.06 bits per heavy atom. The molecule has 18 heavy (non-hydrogen) atoms. The van der Waals surface area contributed by atoms with E-state index in [0.29, 0.717) is 10.7 Å². The summed E-state index contributed by atoms with van der Waals surface area (Å²) in [6.45, 7) is 4.29. The standard InChI is InChI=1S/C13H18ClN3O/c1-9(18)16-11-4-5-17(8-11)7-10-2-3-12(14)13(15)6-10/h2-3,6,11H,4-5,7-8,15H2,1H3,(H,16,18). The highest BCUT2D eigenvalue weighted by Gasteiger charge is 2.22. The van der Waals surface area contributed by atoms with Crippen LogP contribution >= 0.6 is 11.6 Å². The van der Waals surface area contributed by atoms with Gasteiger partial charge in [0.1, 0.15) is 0 Å². The maximum Gasteiger partial charge on any atom is 0.217 e. The second-order valence-electron chi connectivity index (χ2n) is 4.78.